The maximum absolute atomic E-state index is 12.7. The molecule has 0 aliphatic rings. The Bertz CT molecular complexity index is 413. The van der Waals surface area contributed by atoms with Crippen molar-refractivity contribution >= 4 is 0 Å². The fraction of sp³-hybridized carbons (Fsp3) is 0.571. The number of hydrogen-bond donors (Lipinski definition) is 1. The van der Waals surface area contributed by atoms with Gasteiger partial charge in [-0.25, -0.2) is 0 Å². The van der Waals surface area contributed by atoms with Crippen LogP contribution in [-0.4, -0.2) is 19.8 Å². The van der Waals surface area contributed by atoms with E-state index >= 15 is 0 Å². The van der Waals surface area contributed by atoms with Crippen molar-refractivity contribution in [2.75, 3.05) is 14.2 Å². The highest BCUT2D eigenvalue weighted by atomic mass is 19.4. The minimum atomic E-state index is -4.33. The van der Waals surface area contributed by atoms with Crippen LogP contribution in [0.1, 0.15) is 37.4 Å². The van der Waals surface area contributed by atoms with E-state index in [4.69, 9.17) is 4.74 Å². The van der Waals surface area contributed by atoms with Gasteiger partial charge < -0.3 is 10.1 Å². The first-order valence-electron chi connectivity index (χ1n) is 6.18. The number of rotatable bonds is 5. The van der Waals surface area contributed by atoms with Crippen molar-refractivity contribution in [2.24, 2.45) is 0 Å². The van der Waals surface area contributed by atoms with Crippen LogP contribution in [0.2, 0.25) is 0 Å². The third-order valence-electron chi connectivity index (χ3n) is 3.61. The summed E-state index contributed by atoms with van der Waals surface area (Å²) in [6, 6.07) is 5.06. The SMILES string of the molecule is CCC(C)(OC)C(NC)c1cccc(C(F)(F)F)c1. The predicted octanol–water partition coefficient (Wildman–Crippen LogP) is 3.78. The topological polar surface area (TPSA) is 21.3 Å². The van der Waals surface area contributed by atoms with Gasteiger partial charge in [0.2, 0.25) is 0 Å². The summed E-state index contributed by atoms with van der Waals surface area (Å²) in [6.07, 6.45) is -3.64. The summed E-state index contributed by atoms with van der Waals surface area (Å²) in [6.45, 7) is 3.83. The fourth-order valence-corrected chi connectivity index (χ4v) is 2.19. The van der Waals surface area contributed by atoms with Gasteiger partial charge in [0.1, 0.15) is 0 Å². The Hall–Kier alpha value is -1.07. The van der Waals surface area contributed by atoms with E-state index in [2.05, 4.69) is 5.32 Å². The summed E-state index contributed by atoms with van der Waals surface area (Å²) >= 11 is 0. The van der Waals surface area contributed by atoms with Crippen molar-refractivity contribution < 1.29 is 17.9 Å². The molecule has 2 atom stereocenters. The number of hydrogen-bond acceptors (Lipinski definition) is 2. The van der Waals surface area contributed by atoms with Crippen LogP contribution in [0.25, 0.3) is 0 Å². The van der Waals surface area contributed by atoms with E-state index in [-0.39, 0.29) is 6.04 Å². The van der Waals surface area contributed by atoms with Crippen molar-refractivity contribution in [2.45, 2.75) is 38.1 Å². The lowest BCUT2D eigenvalue weighted by Crippen LogP contribution is -2.41. The number of methoxy groups -OCH3 is 1. The first-order valence-corrected chi connectivity index (χ1v) is 6.18. The first-order chi connectivity index (χ1) is 8.78. The molecule has 1 aromatic carbocycles. The monoisotopic (exact) mass is 275 g/mol. The van der Waals surface area contributed by atoms with Gasteiger partial charge in [0.15, 0.2) is 0 Å². The zero-order valence-corrected chi connectivity index (χ0v) is 11.6. The Balaban J connectivity index is 3.20. The smallest absolute Gasteiger partial charge is 0.377 e. The number of alkyl halides is 3. The summed E-state index contributed by atoms with van der Waals surface area (Å²) in [4.78, 5) is 0. The molecule has 0 saturated heterocycles. The second-order valence-corrected chi connectivity index (χ2v) is 4.72. The molecule has 0 fully saturated rings. The number of ether oxygens (including phenoxy) is 1. The molecule has 0 saturated carbocycles. The highest BCUT2D eigenvalue weighted by Gasteiger charge is 2.35. The van der Waals surface area contributed by atoms with Gasteiger partial charge in [-0.15, -0.1) is 0 Å². The molecule has 0 bridgehead atoms. The lowest BCUT2D eigenvalue weighted by Gasteiger charge is -2.36. The van der Waals surface area contributed by atoms with Crippen LogP contribution in [-0.2, 0) is 10.9 Å². The molecule has 0 aromatic heterocycles. The number of benzene rings is 1. The van der Waals surface area contributed by atoms with Crippen LogP contribution in [0.15, 0.2) is 24.3 Å². The van der Waals surface area contributed by atoms with E-state index in [0.717, 1.165) is 6.07 Å². The molecule has 0 amide bonds. The van der Waals surface area contributed by atoms with Crippen LogP contribution >= 0.6 is 0 Å². The first kappa shape index (κ1) is 16.0. The maximum atomic E-state index is 12.7. The average Bonchev–Trinajstić information content (AvgIpc) is 2.38. The van der Waals surface area contributed by atoms with E-state index in [9.17, 15) is 13.2 Å². The molecule has 0 aliphatic carbocycles. The maximum Gasteiger partial charge on any atom is 0.416 e. The standard InChI is InChI=1S/C14H20F3NO/c1-5-13(2,19-4)12(18-3)10-7-6-8-11(9-10)14(15,16)17/h6-9,12,18H,5H2,1-4H3. The molecule has 5 heteroatoms. The fourth-order valence-electron chi connectivity index (χ4n) is 2.19. The van der Waals surface area contributed by atoms with Gasteiger partial charge in [-0.2, -0.15) is 13.2 Å². The largest absolute Gasteiger partial charge is 0.416 e. The van der Waals surface area contributed by atoms with Crippen LogP contribution in [0, 0.1) is 0 Å². The molecule has 1 rings (SSSR count). The summed E-state index contributed by atoms with van der Waals surface area (Å²) in [5, 5.41) is 3.05. The second kappa shape index (κ2) is 5.92. The van der Waals surface area contributed by atoms with Gasteiger partial charge in [-0.3, -0.25) is 0 Å². The van der Waals surface area contributed by atoms with Crippen LogP contribution < -0.4 is 5.32 Å². The summed E-state index contributed by atoms with van der Waals surface area (Å²) in [7, 11) is 3.29. The minimum Gasteiger partial charge on any atom is -0.377 e. The van der Waals surface area contributed by atoms with Crippen LogP contribution in [0.5, 0.6) is 0 Å². The average molecular weight is 275 g/mol. The second-order valence-electron chi connectivity index (χ2n) is 4.72. The Labute approximate surface area is 112 Å². The van der Waals surface area contributed by atoms with Gasteiger partial charge >= 0.3 is 6.18 Å². The molecular formula is C14H20F3NO. The predicted molar refractivity (Wildman–Crippen MR) is 68.9 cm³/mol. The van der Waals surface area contributed by atoms with E-state index in [1.807, 2.05) is 13.8 Å². The molecule has 108 valence electrons. The normalized spacial score (nSPS) is 17.0. The van der Waals surface area contributed by atoms with Crippen molar-refractivity contribution in [3.8, 4) is 0 Å². The number of nitrogens with one attached hydrogen (secondary N) is 1. The van der Waals surface area contributed by atoms with E-state index in [1.54, 1.807) is 20.2 Å². The van der Waals surface area contributed by atoms with Gasteiger partial charge in [0.05, 0.1) is 17.2 Å². The minimum absolute atomic E-state index is 0.301. The Morgan fingerprint density at radius 3 is 2.37 bits per heavy atom. The van der Waals surface area contributed by atoms with E-state index < -0.39 is 17.3 Å². The molecule has 0 radical (unpaired) electrons. The molecule has 19 heavy (non-hydrogen) atoms. The van der Waals surface area contributed by atoms with Gasteiger partial charge in [-0.05, 0) is 38.1 Å². The quantitative estimate of drug-likeness (QED) is 0.883. The van der Waals surface area contributed by atoms with Gasteiger partial charge in [0.25, 0.3) is 0 Å². The summed E-state index contributed by atoms with van der Waals surface area (Å²) in [5.74, 6) is 0. The van der Waals surface area contributed by atoms with Gasteiger partial charge in [0, 0.05) is 7.11 Å². The molecular weight excluding hydrogens is 255 g/mol. The highest BCUT2D eigenvalue weighted by Crippen LogP contribution is 2.35. The van der Waals surface area contributed by atoms with Crippen molar-refractivity contribution in [1.82, 2.24) is 5.32 Å². The third kappa shape index (κ3) is 3.48. The lowest BCUT2D eigenvalue weighted by atomic mass is 9.87. The Kier molecular flexibility index (Phi) is 4.98. The van der Waals surface area contributed by atoms with Gasteiger partial charge in [-0.1, -0.05) is 19.1 Å². The van der Waals surface area contributed by atoms with Crippen LogP contribution in [0.4, 0.5) is 13.2 Å². The Morgan fingerprint density at radius 1 is 1.32 bits per heavy atom. The zero-order valence-electron chi connectivity index (χ0n) is 11.6. The molecule has 2 nitrogen and oxygen atoms in total. The van der Waals surface area contributed by atoms with Crippen molar-refractivity contribution in [3.05, 3.63) is 35.4 Å². The molecule has 1 aromatic rings. The van der Waals surface area contributed by atoms with Crippen molar-refractivity contribution in [3.63, 3.8) is 0 Å². The molecule has 1 N–H and O–H groups in total. The molecule has 0 aliphatic heterocycles. The number of halogens is 3. The molecule has 0 spiro atoms. The summed E-state index contributed by atoms with van der Waals surface area (Å²) in [5.41, 5.74) is -0.623. The summed E-state index contributed by atoms with van der Waals surface area (Å²) < 4.78 is 43.7. The lowest BCUT2D eigenvalue weighted by molar-refractivity contribution is -0.137. The van der Waals surface area contributed by atoms with Crippen LogP contribution in [0.3, 0.4) is 0 Å². The number of likely N-dealkylation sites (N-methyl/N-ethyl adjacent to an activating group) is 1. The molecule has 0 heterocycles. The Morgan fingerprint density at radius 2 is 1.95 bits per heavy atom. The zero-order chi connectivity index (χ0) is 14.7. The molecule has 2 unspecified atom stereocenters. The third-order valence-corrected chi connectivity index (χ3v) is 3.61. The van der Waals surface area contributed by atoms with E-state index in [1.165, 1.54) is 12.1 Å². The van der Waals surface area contributed by atoms with Crippen molar-refractivity contribution in [1.29, 1.82) is 0 Å². The van der Waals surface area contributed by atoms with E-state index in [0.29, 0.717) is 12.0 Å². The highest BCUT2D eigenvalue weighted by molar-refractivity contribution is 5.29.